The molecule has 1 aromatic heterocycles. The first-order chi connectivity index (χ1) is 14.2. The van der Waals surface area contributed by atoms with Crippen LogP contribution < -0.4 is 10.2 Å². The third kappa shape index (κ3) is 5.19. The molecule has 0 aliphatic heterocycles. The molecule has 0 radical (unpaired) electrons. The van der Waals surface area contributed by atoms with E-state index in [1.165, 1.54) is 18.4 Å². The standard InChI is InChI=1S/C24H26N4O/c1-28(15-14-18-8-4-2-5-9-18)24-26-21(20-10-6-3-7-11-20)16-22(27-24)23(29)25-17-19-12-13-19/h2-11,16,19H,12-15,17H2,1H3,(H,25,29). The summed E-state index contributed by atoms with van der Waals surface area (Å²) < 4.78 is 0. The number of rotatable bonds is 8. The first-order valence-corrected chi connectivity index (χ1v) is 10.2. The summed E-state index contributed by atoms with van der Waals surface area (Å²) in [5.41, 5.74) is 3.42. The number of hydrogen-bond donors (Lipinski definition) is 1. The molecule has 1 N–H and O–H groups in total. The van der Waals surface area contributed by atoms with E-state index in [1.54, 1.807) is 6.07 Å². The Morgan fingerprint density at radius 3 is 2.41 bits per heavy atom. The van der Waals surface area contributed by atoms with Crippen LogP contribution >= 0.6 is 0 Å². The molecular weight excluding hydrogens is 360 g/mol. The minimum atomic E-state index is -0.130. The maximum absolute atomic E-state index is 12.7. The summed E-state index contributed by atoms with van der Waals surface area (Å²) in [5.74, 6) is 1.07. The van der Waals surface area contributed by atoms with Gasteiger partial charge >= 0.3 is 0 Å². The van der Waals surface area contributed by atoms with Gasteiger partial charge in [0.05, 0.1) is 5.69 Å². The fourth-order valence-corrected chi connectivity index (χ4v) is 3.17. The van der Waals surface area contributed by atoms with Crippen molar-refractivity contribution in [1.82, 2.24) is 15.3 Å². The monoisotopic (exact) mass is 386 g/mol. The van der Waals surface area contributed by atoms with Gasteiger partial charge in [0.15, 0.2) is 0 Å². The number of likely N-dealkylation sites (N-methyl/N-ethyl adjacent to an activating group) is 1. The average molecular weight is 386 g/mol. The highest BCUT2D eigenvalue weighted by Gasteiger charge is 2.23. The van der Waals surface area contributed by atoms with Gasteiger partial charge in [-0.3, -0.25) is 4.79 Å². The normalized spacial score (nSPS) is 13.1. The maximum Gasteiger partial charge on any atom is 0.270 e. The van der Waals surface area contributed by atoms with E-state index in [0.29, 0.717) is 17.6 Å². The van der Waals surface area contributed by atoms with Crippen LogP contribution in [0.25, 0.3) is 11.3 Å². The van der Waals surface area contributed by atoms with Crippen molar-refractivity contribution in [1.29, 1.82) is 0 Å². The zero-order valence-electron chi connectivity index (χ0n) is 16.7. The second-order valence-corrected chi connectivity index (χ2v) is 7.62. The molecule has 2 aromatic carbocycles. The van der Waals surface area contributed by atoms with Crippen LogP contribution in [0.4, 0.5) is 5.95 Å². The number of aromatic nitrogens is 2. The van der Waals surface area contributed by atoms with Crippen molar-refractivity contribution in [2.24, 2.45) is 5.92 Å². The van der Waals surface area contributed by atoms with E-state index in [1.807, 2.05) is 60.5 Å². The molecule has 29 heavy (non-hydrogen) atoms. The molecule has 1 fully saturated rings. The van der Waals surface area contributed by atoms with E-state index in [0.717, 1.165) is 30.8 Å². The molecule has 0 bridgehead atoms. The number of carbonyl (C=O) groups is 1. The molecule has 1 heterocycles. The third-order valence-electron chi connectivity index (χ3n) is 5.18. The minimum absolute atomic E-state index is 0.130. The summed E-state index contributed by atoms with van der Waals surface area (Å²) >= 11 is 0. The molecule has 5 nitrogen and oxygen atoms in total. The fourth-order valence-electron chi connectivity index (χ4n) is 3.17. The van der Waals surface area contributed by atoms with Crippen LogP contribution in [0.1, 0.15) is 28.9 Å². The predicted molar refractivity (Wildman–Crippen MR) is 116 cm³/mol. The number of anilines is 1. The van der Waals surface area contributed by atoms with Crippen molar-refractivity contribution in [3.63, 3.8) is 0 Å². The van der Waals surface area contributed by atoms with E-state index >= 15 is 0 Å². The topological polar surface area (TPSA) is 58.1 Å². The van der Waals surface area contributed by atoms with Crippen LogP contribution in [-0.4, -0.2) is 36.0 Å². The smallest absolute Gasteiger partial charge is 0.270 e. The van der Waals surface area contributed by atoms with Gasteiger partial charge in [-0.25, -0.2) is 9.97 Å². The van der Waals surface area contributed by atoms with Gasteiger partial charge in [0.25, 0.3) is 5.91 Å². The summed E-state index contributed by atoms with van der Waals surface area (Å²) in [5, 5.41) is 3.02. The Morgan fingerprint density at radius 2 is 1.72 bits per heavy atom. The quantitative estimate of drug-likeness (QED) is 0.637. The molecule has 0 saturated heterocycles. The van der Waals surface area contributed by atoms with Gasteiger partial charge in [0, 0.05) is 25.7 Å². The average Bonchev–Trinajstić information content (AvgIpc) is 3.61. The first kappa shape index (κ1) is 19.1. The van der Waals surface area contributed by atoms with Gasteiger partial charge in [-0.15, -0.1) is 0 Å². The predicted octanol–water partition coefficient (Wildman–Crippen LogP) is 3.96. The highest BCUT2D eigenvalue weighted by Crippen LogP contribution is 2.27. The zero-order chi connectivity index (χ0) is 20.1. The third-order valence-corrected chi connectivity index (χ3v) is 5.18. The van der Waals surface area contributed by atoms with Gasteiger partial charge in [-0.05, 0) is 36.8 Å². The van der Waals surface area contributed by atoms with E-state index in [2.05, 4.69) is 22.4 Å². The molecule has 1 saturated carbocycles. The molecule has 5 heteroatoms. The molecule has 1 aliphatic carbocycles. The molecule has 3 aromatic rings. The lowest BCUT2D eigenvalue weighted by atomic mass is 10.1. The second kappa shape index (κ2) is 8.86. The van der Waals surface area contributed by atoms with E-state index in [-0.39, 0.29) is 5.91 Å². The lowest BCUT2D eigenvalue weighted by Gasteiger charge is -2.19. The lowest BCUT2D eigenvalue weighted by Crippen LogP contribution is -2.28. The SMILES string of the molecule is CN(CCc1ccccc1)c1nc(C(=O)NCC2CC2)cc(-c2ccccc2)n1. The highest BCUT2D eigenvalue weighted by molar-refractivity contribution is 5.93. The van der Waals surface area contributed by atoms with Crippen molar-refractivity contribution in [3.8, 4) is 11.3 Å². The van der Waals surface area contributed by atoms with Crippen LogP contribution in [0, 0.1) is 5.92 Å². The van der Waals surface area contributed by atoms with Gasteiger partial charge in [0.1, 0.15) is 5.69 Å². The summed E-state index contributed by atoms with van der Waals surface area (Å²) in [7, 11) is 1.97. The van der Waals surface area contributed by atoms with Gasteiger partial charge < -0.3 is 10.2 Å². The Kier molecular flexibility index (Phi) is 5.84. The minimum Gasteiger partial charge on any atom is -0.350 e. The van der Waals surface area contributed by atoms with Crippen LogP contribution in [-0.2, 0) is 6.42 Å². The van der Waals surface area contributed by atoms with Crippen molar-refractivity contribution in [3.05, 3.63) is 78.0 Å². The van der Waals surface area contributed by atoms with Crippen LogP contribution in [0.15, 0.2) is 66.7 Å². The van der Waals surface area contributed by atoms with Crippen molar-refractivity contribution in [2.45, 2.75) is 19.3 Å². The molecule has 1 aliphatic rings. The van der Waals surface area contributed by atoms with Crippen molar-refractivity contribution >= 4 is 11.9 Å². The Hall–Kier alpha value is -3.21. The number of nitrogens with one attached hydrogen (secondary N) is 1. The Morgan fingerprint density at radius 1 is 1.03 bits per heavy atom. The number of nitrogens with zero attached hydrogens (tertiary/aromatic N) is 3. The molecule has 0 atom stereocenters. The van der Waals surface area contributed by atoms with Crippen molar-refractivity contribution in [2.75, 3.05) is 25.0 Å². The summed E-state index contributed by atoms with van der Waals surface area (Å²) in [6.45, 7) is 1.49. The van der Waals surface area contributed by atoms with Crippen LogP contribution in [0.3, 0.4) is 0 Å². The number of benzene rings is 2. The number of carbonyl (C=O) groups excluding carboxylic acids is 1. The first-order valence-electron chi connectivity index (χ1n) is 10.2. The fraction of sp³-hybridized carbons (Fsp3) is 0.292. The Bertz CT molecular complexity index is 955. The molecule has 4 rings (SSSR count). The molecule has 0 spiro atoms. The van der Waals surface area contributed by atoms with Gasteiger partial charge in [0.2, 0.25) is 5.95 Å². The zero-order valence-corrected chi connectivity index (χ0v) is 16.7. The molecule has 1 amide bonds. The lowest BCUT2D eigenvalue weighted by molar-refractivity contribution is 0.0947. The Balaban J connectivity index is 1.57. The summed E-state index contributed by atoms with van der Waals surface area (Å²) in [6, 6.07) is 22.1. The van der Waals surface area contributed by atoms with Crippen LogP contribution in [0.2, 0.25) is 0 Å². The van der Waals surface area contributed by atoms with Gasteiger partial charge in [-0.2, -0.15) is 0 Å². The highest BCUT2D eigenvalue weighted by atomic mass is 16.1. The maximum atomic E-state index is 12.7. The number of amides is 1. The largest absolute Gasteiger partial charge is 0.350 e. The second-order valence-electron chi connectivity index (χ2n) is 7.62. The summed E-state index contributed by atoms with van der Waals surface area (Å²) in [6.07, 6.45) is 3.29. The molecular formula is C24H26N4O. The van der Waals surface area contributed by atoms with Crippen LogP contribution in [0.5, 0.6) is 0 Å². The Labute approximate surface area is 171 Å². The van der Waals surface area contributed by atoms with Gasteiger partial charge in [-0.1, -0.05) is 60.7 Å². The summed E-state index contributed by atoms with van der Waals surface area (Å²) in [4.78, 5) is 24.0. The van der Waals surface area contributed by atoms with E-state index in [4.69, 9.17) is 4.98 Å². The van der Waals surface area contributed by atoms with E-state index in [9.17, 15) is 4.79 Å². The molecule has 148 valence electrons. The van der Waals surface area contributed by atoms with E-state index < -0.39 is 0 Å². The molecule has 0 unspecified atom stereocenters. The van der Waals surface area contributed by atoms with Crippen molar-refractivity contribution < 1.29 is 4.79 Å². The number of hydrogen-bond acceptors (Lipinski definition) is 4.